The van der Waals surface area contributed by atoms with Gasteiger partial charge in [-0.05, 0) is 38.1 Å². The predicted molar refractivity (Wildman–Crippen MR) is 88.0 cm³/mol. The van der Waals surface area contributed by atoms with Crippen molar-refractivity contribution in [2.45, 2.75) is 13.8 Å². The summed E-state index contributed by atoms with van der Waals surface area (Å²) in [4.78, 5) is 26.0. The third-order valence-electron chi connectivity index (χ3n) is 3.40. The van der Waals surface area contributed by atoms with Crippen molar-refractivity contribution in [3.63, 3.8) is 0 Å². The van der Waals surface area contributed by atoms with Crippen LogP contribution in [0.15, 0.2) is 54.6 Å². The fraction of sp³-hybridized carbons (Fsp3) is 0.222. The summed E-state index contributed by atoms with van der Waals surface area (Å²) in [6, 6.07) is 16.7. The van der Waals surface area contributed by atoms with Gasteiger partial charge in [-0.1, -0.05) is 35.9 Å². The number of hydrogen-bond donors (Lipinski definition) is 1. The van der Waals surface area contributed by atoms with Crippen LogP contribution in [0.25, 0.3) is 0 Å². The molecule has 0 heterocycles. The molecule has 0 aliphatic carbocycles. The normalized spacial score (nSPS) is 10.1. The van der Waals surface area contributed by atoms with Crippen molar-refractivity contribution in [2.24, 2.45) is 0 Å². The molecule has 1 N–H and O–H groups in total. The van der Waals surface area contributed by atoms with Gasteiger partial charge in [0.15, 0.2) is 0 Å². The maximum Gasteiger partial charge on any atom is 0.251 e. The van der Waals surface area contributed by atoms with E-state index in [1.165, 1.54) is 0 Å². The summed E-state index contributed by atoms with van der Waals surface area (Å²) in [7, 11) is 0. The van der Waals surface area contributed by atoms with Crippen molar-refractivity contribution in [2.75, 3.05) is 18.0 Å². The SMILES string of the molecule is CCN(C(=O)CNC(=O)c1ccc(C)cc1)c1ccccc1. The van der Waals surface area contributed by atoms with Gasteiger partial charge < -0.3 is 10.2 Å². The molecule has 22 heavy (non-hydrogen) atoms. The first kappa shape index (κ1) is 15.8. The number of anilines is 1. The number of benzene rings is 2. The zero-order valence-electron chi connectivity index (χ0n) is 12.9. The van der Waals surface area contributed by atoms with Gasteiger partial charge in [-0.2, -0.15) is 0 Å². The second-order valence-corrected chi connectivity index (χ2v) is 5.02. The quantitative estimate of drug-likeness (QED) is 0.922. The van der Waals surface area contributed by atoms with E-state index >= 15 is 0 Å². The Bertz CT molecular complexity index is 636. The van der Waals surface area contributed by atoms with Crippen molar-refractivity contribution < 1.29 is 9.59 Å². The molecule has 0 spiro atoms. The van der Waals surface area contributed by atoms with Crippen LogP contribution in [0.2, 0.25) is 0 Å². The number of nitrogens with zero attached hydrogens (tertiary/aromatic N) is 1. The highest BCUT2D eigenvalue weighted by molar-refractivity contribution is 6.00. The van der Waals surface area contributed by atoms with E-state index in [2.05, 4.69) is 5.32 Å². The first-order chi connectivity index (χ1) is 10.6. The number of carbonyl (C=O) groups excluding carboxylic acids is 2. The highest BCUT2D eigenvalue weighted by atomic mass is 16.2. The average molecular weight is 296 g/mol. The van der Waals surface area contributed by atoms with Crippen LogP contribution in [0.3, 0.4) is 0 Å². The highest BCUT2D eigenvalue weighted by Gasteiger charge is 2.15. The molecule has 4 nitrogen and oxygen atoms in total. The van der Waals surface area contributed by atoms with Gasteiger partial charge in [0.25, 0.3) is 5.91 Å². The fourth-order valence-electron chi connectivity index (χ4n) is 2.17. The summed E-state index contributed by atoms with van der Waals surface area (Å²) in [6.45, 7) is 4.41. The number of carbonyl (C=O) groups is 2. The van der Waals surface area contributed by atoms with E-state index in [4.69, 9.17) is 0 Å². The Morgan fingerprint density at radius 2 is 1.64 bits per heavy atom. The van der Waals surface area contributed by atoms with Crippen molar-refractivity contribution in [3.8, 4) is 0 Å². The van der Waals surface area contributed by atoms with E-state index in [9.17, 15) is 9.59 Å². The molecule has 0 fully saturated rings. The summed E-state index contributed by atoms with van der Waals surface area (Å²) < 4.78 is 0. The van der Waals surface area contributed by atoms with Gasteiger partial charge in [-0.15, -0.1) is 0 Å². The molecule has 0 aliphatic rings. The maximum atomic E-state index is 12.3. The third-order valence-corrected chi connectivity index (χ3v) is 3.40. The highest BCUT2D eigenvalue weighted by Crippen LogP contribution is 2.12. The zero-order valence-corrected chi connectivity index (χ0v) is 12.9. The van der Waals surface area contributed by atoms with Crippen LogP contribution in [-0.2, 0) is 4.79 Å². The lowest BCUT2D eigenvalue weighted by Gasteiger charge is -2.21. The maximum absolute atomic E-state index is 12.3. The number of amides is 2. The molecule has 0 bridgehead atoms. The topological polar surface area (TPSA) is 49.4 Å². The first-order valence-corrected chi connectivity index (χ1v) is 7.32. The van der Waals surface area contributed by atoms with Crippen molar-refractivity contribution in [1.82, 2.24) is 5.32 Å². The van der Waals surface area contributed by atoms with Crippen LogP contribution in [-0.4, -0.2) is 24.9 Å². The lowest BCUT2D eigenvalue weighted by atomic mass is 10.1. The smallest absolute Gasteiger partial charge is 0.251 e. The van der Waals surface area contributed by atoms with E-state index in [-0.39, 0.29) is 18.4 Å². The number of hydrogen-bond acceptors (Lipinski definition) is 2. The van der Waals surface area contributed by atoms with Gasteiger partial charge in [0, 0.05) is 17.8 Å². The van der Waals surface area contributed by atoms with Gasteiger partial charge in [-0.3, -0.25) is 9.59 Å². The molecule has 114 valence electrons. The minimum absolute atomic E-state index is 0.0184. The molecule has 0 saturated heterocycles. The molecule has 2 rings (SSSR count). The molecular weight excluding hydrogens is 276 g/mol. The second-order valence-electron chi connectivity index (χ2n) is 5.02. The average Bonchev–Trinajstić information content (AvgIpc) is 2.55. The Morgan fingerprint density at radius 3 is 2.23 bits per heavy atom. The predicted octanol–water partition coefficient (Wildman–Crippen LogP) is 2.78. The Hall–Kier alpha value is -2.62. The van der Waals surface area contributed by atoms with Gasteiger partial charge >= 0.3 is 0 Å². The first-order valence-electron chi connectivity index (χ1n) is 7.32. The van der Waals surface area contributed by atoms with Crippen LogP contribution >= 0.6 is 0 Å². The number of para-hydroxylation sites is 1. The summed E-state index contributed by atoms with van der Waals surface area (Å²) in [6.07, 6.45) is 0. The third kappa shape index (κ3) is 3.95. The molecule has 2 aromatic carbocycles. The van der Waals surface area contributed by atoms with Crippen LogP contribution < -0.4 is 10.2 Å². The summed E-state index contributed by atoms with van der Waals surface area (Å²) in [5.41, 5.74) is 2.48. The molecular formula is C18H20N2O2. The minimum atomic E-state index is -0.238. The van der Waals surface area contributed by atoms with E-state index < -0.39 is 0 Å². The van der Waals surface area contributed by atoms with Crippen molar-refractivity contribution in [1.29, 1.82) is 0 Å². The molecule has 4 heteroatoms. The Balaban J connectivity index is 1.96. The van der Waals surface area contributed by atoms with Crippen LogP contribution in [0.5, 0.6) is 0 Å². The van der Waals surface area contributed by atoms with Crippen LogP contribution in [0.1, 0.15) is 22.8 Å². The number of aryl methyl sites for hydroxylation is 1. The van der Waals surface area contributed by atoms with Crippen LogP contribution in [0, 0.1) is 6.92 Å². The van der Waals surface area contributed by atoms with E-state index in [0.29, 0.717) is 12.1 Å². The van der Waals surface area contributed by atoms with Gasteiger partial charge in [0.2, 0.25) is 5.91 Å². The number of rotatable bonds is 5. The molecule has 0 unspecified atom stereocenters. The van der Waals surface area contributed by atoms with Crippen molar-refractivity contribution in [3.05, 3.63) is 65.7 Å². The molecule has 0 saturated carbocycles. The second kappa shape index (κ2) is 7.41. The van der Waals surface area contributed by atoms with Gasteiger partial charge in [0.05, 0.1) is 6.54 Å². The zero-order chi connectivity index (χ0) is 15.9. The summed E-state index contributed by atoms with van der Waals surface area (Å²) in [5.74, 6) is -0.369. The Labute approximate surface area is 130 Å². The standard InChI is InChI=1S/C18H20N2O2/c1-3-20(16-7-5-4-6-8-16)17(21)13-19-18(22)15-11-9-14(2)10-12-15/h4-12H,3,13H2,1-2H3,(H,19,22). The Kier molecular flexibility index (Phi) is 5.31. The molecule has 0 aromatic heterocycles. The van der Waals surface area contributed by atoms with Crippen LogP contribution in [0.4, 0.5) is 5.69 Å². The molecule has 2 aromatic rings. The minimum Gasteiger partial charge on any atom is -0.343 e. The van der Waals surface area contributed by atoms with Gasteiger partial charge in [-0.25, -0.2) is 0 Å². The van der Waals surface area contributed by atoms with E-state index in [1.54, 1.807) is 17.0 Å². The number of likely N-dealkylation sites (N-methyl/N-ethyl adjacent to an activating group) is 1. The molecule has 0 aliphatic heterocycles. The Morgan fingerprint density at radius 1 is 1.00 bits per heavy atom. The summed E-state index contributed by atoms with van der Waals surface area (Å²) in [5, 5.41) is 2.67. The summed E-state index contributed by atoms with van der Waals surface area (Å²) >= 11 is 0. The lowest BCUT2D eigenvalue weighted by Crippen LogP contribution is -2.40. The number of nitrogens with one attached hydrogen (secondary N) is 1. The van der Waals surface area contributed by atoms with E-state index in [1.807, 2.05) is 56.3 Å². The van der Waals surface area contributed by atoms with E-state index in [0.717, 1.165) is 11.3 Å². The molecule has 0 atom stereocenters. The lowest BCUT2D eigenvalue weighted by molar-refractivity contribution is -0.117. The largest absolute Gasteiger partial charge is 0.343 e. The molecule has 0 radical (unpaired) electrons. The fourth-order valence-corrected chi connectivity index (χ4v) is 2.17. The monoisotopic (exact) mass is 296 g/mol. The van der Waals surface area contributed by atoms with Gasteiger partial charge in [0.1, 0.15) is 0 Å². The molecule has 2 amide bonds. The van der Waals surface area contributed by atoms with Crippen molar-refractivity contribution >= 4 is 17.5 Å².